The minimum absolute atomic E-state index is 0.00680. The fourth-order valence-corrected chi connectivity index (χ4v) is 3.28. The van der Waals surface area contributed by atoms with Crippen molar-refractivity contribution in [2.75, 3.05) is 13.2 Å². The van der Waals surface area contributed by atoms with Gasteiger partial charge in [0, 0.05) is 10.0 Å². The van der Waals surface area contributed by atoms with Crippen LogP contribution in [0.4, 0.5) is 0 Å². The summed E-state index contributed by atoms with van der Waals surface area (Å²) >= 11 is 6.67. The Bertz CT molecular complexity index is 870. The van der Waals surface area contributed by atoms with E-state index in [1.807, 2.05) is 31.2 Å². The van der Waals surface area contributed by atoms with Gasteiger partial charge in [-0.15, -0.1) is 0 Å². The molecular weight excluding hydrogens is 504 g/mol. The fourth-order valence-electron chi connectivity index (χ4n) is 2.45. The van der Waals surface area contributed by atoms with Gasteiger partial charge in [0.1, 0.15) is 5.75 Å². The van der Waals surface area contributed by atoms with Crippen LogP contribution in [0.2, 0.25) is 0 Å². The largest absolute Gasteiger partial charge is 0.503 e. The van der Waals surface area contributed by atoms with Crippen LogP contribution in [0, 0.1) is 0 Å². The predicted molar refractivity (Wildman–Crippen MR) is 121 cm³/mol. The maximum Gasteiger partial charge on any atom is 0.277 e. The number of hydrogen-bond donors (Lipinski definition) is 2. The highest BCUT2D eigenvalue weighted by Crippen LogP contribution is 2.41. The molecule has 0 saturated heterocycles. The molecule has 0 radical (unpaired) electrons. The summed E-state index contributed by atoms with van der Waals surface area (Å²) in [6.45, 7) is 6.40. The summed E-state index contributed by atoms with van der Waals surface area (Å²) in [5.74, 6) is 1.05. The van der Waals surface area contributed by atoms with Crippen LogP contribution >= 0.6 is 31.9 Å². The van der Waals surface area contributed by atoms with Crippen LogP contribution in [0.25, 0.3) is 0 Å². The molecule has 0 spiro atoms. The maximum atomic E-state index is 12.0. The number of carbonyl (C=O) groups excluding carboxylic acids is 1. The molecule has 8 heteroatoms. The van der Waals surface area contributed by atoms with Gasteiger partial charge in [-0.1, -0.05) is 26.0 Å². The normalized spacial score (nSPS) is 12.0. The molecule has 2 N–H and O–H groups in total. The minimum Gasteiger partial charge on any atom is -0.503 e. The van der Waals surface area contributed by atoms with Crippen molar-refractivity contribution in [3.05, 3.63) is 50.4 Å². The number of nitrogens with one attached hydrogen (secondary N) is 1. The third-order valence-electron chi connectivity index (χ3n) is 4.30. The van der Waals surface area contributed by atoms with E-state index in [-0.39, 0.29) is 18.3 Å². The van der Waals surface area contributed by atoms with Gasteiger partial charge in [0.25, 0.3) is 5.91 Å². The Morgan fingerprint density at radius 3 is 2.52 bits per heavy atom. The number of amides is 1. The molecule has 0 saturated carbocycles. The highest BCUT2D eigenvalue weighted by atomic mass is 79.9. The van der Waals surface area contributed by atoms with E-state index in [1.54, 1.807) is 6.07 Å². The van der Waals surface area contributed by atoms with Crippen molar-refractivity contribution in [1.29, 1.82) is 0 Å². The molecule has 1 unspecified atom stereocenters. The second-order valence-corrected chi connectivity index (χ2v) is 7.92. The van der Waals surface area contributed by atoms with Crippen LogP contribution < -0.4 is 14.9 Å². The summed E-state index contributed by atoms with van der Waals surface area (Å²) < 4.78 is 11.9. The zero-order chi connectivity index (χ0) is 21.4. The van der Waals surface area contributed by atoms with Crippen LogP contribution in [0.5, 0.6) is 17.2 Å². The Hall–Kier alpha value is -2.06. The van der Waals surface area contributed by atoms with Crippen molar-refractivity contribution < 1.29 is 19.4 Å². The van der Waals surface area contributed by atoms with Gasteiger partial charge in [-0.2, -0.15) is 5.10 Å². The number of phenols is 1. The van der Waals surface area contributed by atoms with Crippen LogP contribution in [0.15, 0.2) is 44.4 Å². The molecule has 1 amide bonds. The van der Waals surface area contributed by atoms with Crippen LogP contribution in [-0.2, 0) is 4.79 Å². The van der Waals surface area contributed by atoms with Crippen molar-refractivity contribution >= 4 is 44.0 Å². The number of benzene rings is 2. The number of hydrogen-bond acceptors (Lipinski definition) is 5. The number of rotatable bonds is 9. The van der Waals surface area contributed by atoms with Crippen molar-refractivity contribution in [2.45, 2.75) is 33.1 Å². The number of nitrogens with zero attached hydrogens (tertiary/aromatic N) is 1. The Morgan fingerprint density at radius 1 is 1.21 bits per heavy atom. The molecule has 2 aromatic carbocycles. The number of carbonyl (C=O) groups is 1. The molecule has 0 heterocycles. The number of hydrazone groups is 1. The summed E-state index contributed by atoms with van der Waals surface area (Å²) in [6, 6.07) is 9.36. The molecule has 6 nitrogen and oxygen atoms in total. The molecule has 156 valence electrons. The van der Waals surface area contributed by atoms with Gasteiger partial charge in [-0.05, 0) is 74.9 Å². The number of ether oxygens (including phenoxy) is 2. The van der Waals surface area contributed by atoms with Crippen LogP contribution in [-0.4, -0.2) is 30.4 Å². The number of aromatic hydroxyl groups is 1. The molecule has 0 aliphatic rings. The maximum absolute atomic E-state index is 12.0. The Balaban J connectivity index is 1.93. The monoisotopic (exact) mass is 526 g/mol. The summed E-state index contributed by atoms with van der Waals surface area (Å²) in [4.78, 5) is 12.0. The van der Waals surface area contributed by atoms with Crippen LogP contribution in [0.1, 0.15) is 44.2 Å². The van der Waals surface area contributed by atoms with Gasteiger partial charge in [-0.25, -0.2) is 5.43 Å². The first-order chi connectivity index (χ1) is 13.9. The first-order valence-corrected chi connectivity index (χ1v) is 10.8. The van der Waals surface area contributed by atoms with E-state index >= 15 is 0 Å². The third-order valence-corrected chi connectivity index (χ3v) is 6.46. The molecule has 29 heavy (non-hydrogen) atoms. The first-order valence-electron chi connectivity index (χ1n) is 9.25. The number of halogens is 2. The molecule has 0 aromatic heterocycles. The molecule has 1 atom stereocenters. The Morgan fingerprint density at radius 2 is 1.90 bits per heavy atom. The molecule has 0 bridgehead atoms. The third kappa shape index (κ3) is 6.47. The zero-order valence-electron chi connectivity index (χ0n) is 16.5. The van der Waals surface area contributed by atoms with Crippen molar-refractivity contribution in [1.82, 2.24) is 5.43 Å². The van der Waals surface area contributed by atoms with Crippen molar-refractivity contribution in [3.63, 3.8) is 0 Å². The molecule has 0 aliphatic heterocycles. The van der Waals surface area contributed by atoms with Gasteiger partial charge in [0.15, 0.2) is 18.1 Å². The molecule has 2 aromatic rings. The second kappa shape index (κ2) is 11.2. The SMILES string of the molecule is CCOc1cc(C=NNC(=O)COc2ccc(C(C)CC)cc2)c(Br)c(Br)c1O. The van der Waals surface area contributed by atoms with E-state index in [4.69, 9.17) is 9.47 Å². The van der Waals surface area contributed by atoms with Crippen molar-refractivity contribution in [3.8, 4) is 17.2 Å². The lowest BCUT2D eigenvalue weighted by molar-refractivity contribution is -0.123. The van der Waals surface area contributed by atoms with E-state index in [0.717, 1.165) is 6.42 Å². The van der Waals surface area contributed by atoms with Crippen molar-refractivity contribution in [2.24, 2.45) is 5.10 Å². The summed E-state index contributed by atoms with van der Waals surface area (Å²) in [5.41, 5.74) is 4.29. The van der Waals surface area contributed by atoms with Crippen LogP contribution in [0.3, 0.4) is 0 Å². The summed E-state index contributed by atoms with van der Waals surface area (Å²) in [5, 5.41) is 14.0. The topological polar surface area (TPSA) is 80.2 Å². The smallest absolute Gasteiger partial charge is 0.277 e. The van der Waals surface area contributed by atoms with Gasteiger partial charge >= 0.3 is 0 Å². The zero-order valence-corrected chi connectivity index (χ0v) is 19.7. The minimum atomic E-state index is -0.383. The van der Waals surface area contributed by atoms with E-state index in [2.05, 4.69) is 56.2 Å². The lowest BCUT2D eigenvalue weighted by Gasteiger charge is -2.11. The highest BCUT2D eigenvalue weighted by molar-refractivity contribution is 9.13. The quantitative estimate of drug-likeness (QED) is 0.340. The Kier molecular flexibility index (Phi) is 8.98. The van der Waals surface area contributed by atoms with Gasteiger partial charge in [0.05, 0.1) is 17.3 Å². The van der Waals surface area contributed by atoms with Gasteiger partial charge in [0.2, 0.25) is 0 Å². The average Bonchev–Trinajstić information content (AvgIpc) is 2.73. The predicted octanol–water partition coefficient (Wildman–Crippen LogP) is 5.36. The molecule has 0 aliphatic carbocycles. The average molecular weight is 528 g/mol. The highest BCUT2D eigenvalue weighted by Gasteiger charge is 2.14. The van der Waals surface area contributed by atoms with E-state index in [9.17, 15) is 9.90 Å². The molecule has 0 fully saturated rings. The van der Waals surface area contributed by atoms with Gasteiger partial charge < -0.3 is 14.6 Å². The van der Waals surface area contributed by atoms with Gasteiger partial charge in [-0.3, -0.25) is 4.79 Å². The lowest BCUT2D eigenvalue weighted by atomic mass is 9.99. The fraction of sp³-hybridized carbons (Fsp3) is 0.333. The van der Waals surface area contributed by atoms with E-state index in [0.29, 0.717) is 38.5 Å². The lowest BCUT2D eigenvalue weighted by Crippen LogP contribution is -2.24. The second-order valence-electron chi connectivity index (χ2n) is 6.33. The first kappa shape index (κ1) is 23.2. The summed E-state index contributed by atoms with van der Waals surface area (Å²) in [7, 11) is 0. The van der Waals surface area contributed by atoms with E-state index < -0.39 is 0 Å². The van der Waals surface area contributed by atoms with E-state index in [1.165, 1.54) is 11.8 Å². The Labute approximate surface area is 187 Å². The molecule has 2 rings (SSSR count). The number of phenolic OH excluding ortho intramolecular Hbond substituents is 1. The summed E-state index contributed by atoms with van der Waals surface area (Å²) in [6.07, 6.45) is 2.52. The molecular formula is C21H24Br2N2O4. The standard InChI is InChI=1S/C21H24Br2N2O4/c1-4-13(3)14-6-8-16(9-7-14)29-12-18(26)25-24-11-15-10-17(28-5-2)21(27)20(23)19(15)22/h6-11,13,27H,4-5,12H2,1-3H3,(H,25,26).